The topological polar surface area (TPSA) is 32.3 Å². The van der Waals surface area contributed by atoms with Gasteiger partial charge in [-0.25, -0.2) is 0 Å². The van der Waals surface area contributed by atoms with E-state index in [0.717, 1.165) is 6.54 Å². The van der Waals surface area contributed by atoms with Crippen LogP contribution in [-0.2, 0) is 0 Å². The molecule has 2 heteroatoms. The number of aliphatic hydroxyl groups excluding tert-OH is 1. The molecule has 11 heavy (non-hydrogen) atoms. The molecule has 0 aliphatic heterocycles. The normalized spacial score (nSPS) is 13.9. The summed E-state index contributed by atoms with van der Waals surface area (Å²) in [5, 5.41) is 11.9. The molecule has 0 saturated heterocycles. The zero-order chi connectivity index (χ0) is 8.69. The monoisotopic (exact) mass is 159 g/mol. The van der Waals surface area contributed by atoms with Gasteiger partial charge >= 0.3 is 0 Å². The van der Waals surface area contributed by atoms with Crippen LogP contribution in [0.15, 0.2) is 0 Å². The van der Waals surface area contributed by atoms with Crippen LogP contribution in [0.25, 0.3) is 0 Å². The Balaban J connectivity index is 3.51. The van der Waals surface area contributed by atoms with Gasteiger partial charge in [-0.2, -0.15) is 0 Å². The summed E-state index contributed by atoms with van der Waals surface area (Å²) >= 11 is 0. The van der Waals surface area contributed by atoms with Crippen molar-refractivity contribution in [2.24, 2.45) is 5.92 Å². The maximum atomic E-state index is 8.60. The van der Waals surface area contributed by atoms with Gasteiger partial charge in [0.05, 0.1) is 6.61 Å². The Morgan fingerprint density at radius 1 is 1.36 bits per heavy atom. The largest absolute Gasteiger partial charge is 0.395 e. The number of hydrogen-bond donors (Lipinski definition) is 2. The third-order valence-electron chi connectivity index (χ3n) is 1.92. The van der Waals surface area contributed by atoms with Crippen molar-refractivity contribution < 1.29 is 5.11 Å². The smallest absolute Gasteiger partial charge is 0.0556 e. The van der Waals surface area contributed by atoms with Gasteiger partial charge in [-0.1, -0.05) is 27.2 Å². The molecule has 0 aromatic rings. The highest BCUT2D eigenvalue weighted by Gasteiger charge is 2.09. The molecule has 0 amide bonds. The summed E-state index contributed by atoms with van der Waals surface area (Å²) in [5.41, 5.74) is 0. The summed E-state index contributed by atoms with van der Waals surface area (Å²) in [6.07, 6.45) is 2.42. The molecule has 0 radical (unpaired) electrons. The van der Waals surface area contributed by atoms with Crippen molar-refractivity contribution in [1.29, 1.82) is 0 Å². The van der Waals surface area contributed by atoms with Gasteiger partial charge in [-0.05, 0) is 12.3 Å². The zero-order valence-electron chi connectivity index (χ0n) is 7.93. The van der Waals surface area contributed by atoms with Crippen molar-refractivity contribution in [3.8, 4) is 0 Å². The van der Waals surface area contributed by atoms with Crippen molar-refractivity contribution in [1.82, 2.24) is 5.32 Å². The van der Waals surface area contributed by atoms with Crippen molar-refractivity contribution in [3.05, 3.63) is 0 Å². The van der Waals surface area contributed by atoms with Crippen LogP contribution in [-0.4, -0.2) is 24.3 Å². The van der Waals surface area contributed by atoms with Crippen LogP contribution in [0.1, 0.15) is 33.6 Å². The average molecular weight is 159 g/mol. The summed E-state index contributed by atoms with van der Waals surface area (Å²) in [6, 6.07) is 0.576. The molecular formula is C9H21NO. The highest BCUT2D eigenvalue weighted by atomic mass is 16.3. The van der Waals surface area contributed by atoms with E-state index in [1.54, 1.807) is 0 Å². The lowest BCUT2D eigenvalue weighted by atomic mass is 10.00. The highest BCUT2D eigenvalue weighted by Crippen LogP contribution is 2.07. The Morgan fingerprint density at radius 2 is 2.00 bits per heavy atom. The highest BCUT2D eigenvalue weighted by molar-refractivity contribution is 4.69. The van der Waals surface area contributed by atoms with Gasteiger partial charge in [0.1, 0.15) is 0 Å². The molecule has 2 nitrogen and oxygen atoms in total. The van der Waals surface area contributed by atoms with Gasteiger partial charge in [-0.3, -0.25) is 0 Å². The minimum Gasteiger partial charge on any atom is -0.395 e. The third kappa shape index (κ3) is 5.22. The lowest BCUT2D eigenvalue weighted by Crippen LogP contribution is -2.35. The fraction of sp³-hybridized carbons (Fsp3) is 1.00. The molecule has 0 saturated carbocycles. The predicted molar refractivity (Wildman–Crippen MR) is 48.6 cm³/mol. The second kappa shape index (κ2) is 6.62. The van der Waals surface area contributed by atoms with Crippen LogP contribution < -0.4 is 5.32 Å². The first kappa shape index (κ1) is 10.9. The van der Waals surface area contributed by atoms with Crippen LogP contribution in [0, 0.1) is 5.92 Å². The summed E-state index contributed by atoms with van der Waals surface area (Å²) < 4.78 is 0. The fourth-order valence-electron chi connectivity index (χ4n) is 1.23. The molecule has 1 unspecified atom stereocenters. The SMILES string of the molecule is CCCC(NCCO)C(C)C. The Kier molecular flexibility index (Phi) is 6.57. The minimum absolute atomic E-state index is 0.243. The molecule has 0 rings (SSSR count). The lowest BCUT2D eigenvalue weighted by molar-refractivity contribution is 0.269. The third-order valence-corrected chi connectivity index (χ3v) is 1.92. The Bertz CT molecular complexity index is 83.6. The summed E-state index contributed by atoms with van der Waals surface area (Å²) in [7, 11) is 0. The van der Waals surface area contributed by atoms with Crippen LogP contribution in [0.2, 0.25) is 0 Å². The molecule has 0 bridgehead atoms. The second-order valence-electron chi connectivity index (χ2n) is 3.32. The molecule has 0 aliphatic rings. The molecule has 1 atom stereocenters. The summed E-state index contributed by atoms with van der Waals surface area (Å²) in [6.45, 7) is 7.58. The van der Waals surface area contributed by atoms with Gasteiger partial charge in [0.15, 0.2) is 0 Å². The van der Waals surface area contributed by atoms with Crippen molar-refractivity contribution in [2.45, 2.75) is 39.7 Å². The number of aliphatic hydroxyl groups is 1. The van der Waals surface area contributed by atoms with E-state index in [9.17, 15) is 0 Å². The standard InChI is InChI=1S/C9H21NO/c1-4-5-9(8(2)3)10-6-7-11/h8-11H,4-7H2,1-3H3. The maximum Gasteiger partial charge on any atom is 0.0556 e. The number of hydrogen-bond acceptors (Lipinski definition) is 2. The van der Waals surface area contributed by atoms with E-state index >= 15 is 0 Å². The van der Waals surface area contributed by atoms with E-state index in [0.29, 0.717) is 12.0 Å². The number of nitrogens with one attached hydrogen (secondary N) is 1. The average Bonchev–Trinajstić information content (AvgIpc) is 1.97. The van der Waals surface area contributed by atoms with E-state index < -0.39 is 0 Å². The fourth-order valence-corrected chi connectivity index (χ4v) is 1.23. The molecule has 0 heterocycles. The number of rotatable bonds is 6. The minimum atomic E-state index is 0.243. The Morgan fingerprint density at radius 3 is 2.36 bits per heavy atom. The molecule has 0 aromatic heterocycles. The van der Waals surface area contributed by atoms with Crippen LogP contribution in [0.3, 0.4) is 0 Å². The Labute approximate surface area is 70.0 Å². The first-order chi connectivity index (χ1) is 5.22. The van der Waals surface area contributed by atoms with Gasteiger partial charge < -0.3 is 10.4 Å². The summed E-state index contributed by atoms with van der Waals surface area (Å²) in [4.78, 5) is 0. The maximum absolute atomic E-state index is 8.60. The van der Waals surface area contributed by atoms with Crippen LogP contribution in [0.4, 0.5) is 0 Å². The van der Waals surface area contributed by atoms with E-state index in [1.807, 2.05) is 0 Å². The second-order valence-corrected chi connectivity index (χ2v) is 3.32. The van der Waals surface area contributed by atoms with Crippen molar-refractivity contribution >= 4 is 0 Å². The van der Waals surface area contributed by atoms with Crippen molar-refractivity contribution in [3.63, 3.8) is 0 Å². The predicted octanol–water partition coefficient (Wildman–Crippen LogP) is 1.39. The summed E-state index contributed by atoms with van der Waals surface area (Å²) in [5.74, 6) is 0.668. The van der Waals surface area contributed by atoms with E-state index in [2.05, 4.69) is 26.1 Å². The Hall–Kier alpha value is -0.0800. The first-order valence-corrected chi connectivity index (χ1v) is 4.56. The molecule has 0 fully saturated rings. The molecule has 68 valence electrons. The molecule has 0 spiro atoms. The van der Waals surface area contributed by atoms with E-state index in [-0.39, 0.29) is 6.61 Å². The van der Waals surface area contributed by atoms with Crippen LogP contribution >= 0.6 is 0 Å². The molecule has 2 N–H and O–H groups in total. The quantitative estimate of drug-likeness (QED) is 0.614. The van der Waals surface area contributed by atoms with Crippen molar-refractivity contribution in [2.75, 3.05) is 13.2 Å². The lowest BCUT2D eigenvalue weighted by Gasteiger charge is -2.21. The van der Waals surface area contributed by atoms with Gasteiger partial charge in [-0.15, -0.1) is 0 Å². The van der Waals surface area contributed by atoms with E-state index in [1.165, 1.54) is 12.8 Å². The zero-order valence-corrected chi connectivity index (χ0v) is 7.93. The first-order valence-electron chi connectivity index (χ1n) is 4.56. The molecule has 0 aliphatic carbocycles. The van der Waals surface area contributed by atoms with Crippen LogP contribution in [0.5, 0.6) is 0 Å². The van der Waals surface area contributed by atoms with E-state index in [4.69, 9.17) is 5.11 Å². The van der Waals surface area contributed by atoms with Gasteiger partial charge in [0.25, 0.3) is 0 Å². The molecule has 0 aromatic carbocycles. The van der Waals surface area contributed by atoms with Gasteiger partial charge in [0.2, 0.25) is 0 Å². The molecular weight excluding hydrogens is 138 g/mol. The van der Waals surface area contributed by atoms with Gasteiger partial charge in [0, 0.05) is 12.6 Å².